The minimum absolute atomic E-state index is 0.0494. The van der Waals surface area contributed by atoms with Crippen molar-refractivity contribution >= 4 is 17.9 Å². The Bertz CT molecular complexity index is 612. The number of aromatic amines is 1. The van der Waals surface area contributed by atoms with Gasteiger partial charge in [0.05, 0.1) is 0 Å². The van der Waals surface area contributed by atoms with Crippen molar-refractivity contribution in [3.63, 3.8) is 0 Å². The van der Waals surface area contributed by atoms with Crippen molar-refractivity contribution in [3.05, 3.63) is 40.9 Å². The Labute approximate surface area is 119 Å². The van der Waals surface area contributed by atoms with Crippen LogP contribution in [0.15, 0.2) is 30.5 Å². The second-order valence-electron chi connectivity index (χ2n) is 5.98. The first-order chi connectivity index (χ1) is 8.80. The van der Waals surface area contributed by atoms with E-state index in [-0.39, 0.29) is 5.41 Å². The van der Waals surface area contributed by atoms with E-state index >= 15 is 0 Å². The number of H-pyrrole nitrogens is 1. The maximum Gasteiger partial charge on any atom is 0.182 e. The summed E-state index contributed by atoms with van der Waals surface area (Å²) in [4.78, 5) is 5.24. The lowest BCUT2D eigenvalue weighted by atomic mass is 9.92. The summed E-state index contributed by atoms with van der Waals surface area (Å²) in [6, 6.07) is 8.43. The maximum absolute atomic E-state index is 5.41. The second-order valence-corrected chi connectivity index (χ2v) is 6.36. The van der Waals surface area contributed by atoms with Gasteiger partial charge in [-0.25, -0.2) is 0 Å². The number of rotatable bonds is 2. The van der Waals surface area contributed by atoms with E-state index in [1.54, 1.807) is 0 Å². The predicted molar refractivity (Wildman–Crippen MR) is 84.0 cm³/mol. The Balaban J connectivity index is 2.53. The number of hydrogen-bond donors (Lipinski definition) is 1. The quantitative estimate of drug-likeness (QED) is 0.841. The van der Waals surface area contributed by atoms with Crippen LogP contribution < -0.4 is 4.90 Å². The first-order valence-electron chi connectivity index (χ1n) is 6.39. The predicted octanol–water partition coefficient (Wildman–Crippen LogP) is 3.90. The van der Waals surface area contributed by atoms with E-state index in [0.717, 1.165) is 10.5 Å². The van der Waals surface area contributed by atoms with Crippen LogP contribution in [-0.2, 0) is 5.41 Å². The van der Waals surface area contributed by atoms with E-state index < -0.39 is 0 Å². The van der Waals surface area contributed by atoms with Crippen LogP contribution >= 0.6 is 12.2 Å². The average molecular weight is 275 g/mol. The Hall–Kier alpha value is -1.55. The van der Waals surface area contributed by atoms with Crippen LogP contribution in [0, 0.1) is 4.77 Å². The van der Waals surface area contributed by atoms with Gasteiger partial charge in [0.2, 0.25) is 0 Å². The molecule has 0 saturated heterocycles. The van der Waals surface area contributed by atoms with Gasteiger partial charge < -0.3 is 9.88 Å². The summed E-state index contributed by atoms with van der Waals surface area (Å²) in [6.07, 6.45) is 2.00. The zero-order chi connectivity index (χ0) is 14.2. The number of anilines is 1. The lowest BCUT2D eigenvalue weighted by Gasteiger charge is -2.21. The molecule has 2 rings (SSSR count). The minimum atomic E-state index is 0.0494. The van der Waals surface area contributed by atoms with E-state index in [0.29, 0.717) is 0 Å². The van der Waals surface area contributed by atoms with Crippen LogP contribution in [0.5, 0.6) is 0 Å². The van der Waals surface area contributed by atoms with Gasteiger partial charge in [0.1, 0.15) is 0 Å². The molecule has 0 aliphatic carbocycles. The molecule has 0 radical (unpaired) electrons. The fraction of sp³-hybridized carbons (Fsp3) is 0.400. The third kappa shape index (κ3) is 2.73. The monoisotopic (exact) mass is 275 g/mol. The second kappa shape index (κ2) is 4.85. The molecule has 102 valence electrons. The summed E-state index contributed by atoms with van der Waals surface area (Å²) in [5, 5.41) is 0. The summed E-state index contributed by atoms with van der Waals surface area (Å²) in [6.45, 7) is 6.57. The van der Waals surface area contributed by atoms with Crippen molar-refractivity contribution < 1.29 is 0 Å². The Kier molecular flexibility index (Phi) is 3.54. The van der Waals surface area contributed by atoms with Gasteiger partial charge in [-0.1, -0.05) is 20.8 Å². The van der Waals surface area contributed by atoms with Gasteiger partial charge in [0.25, 0.3) is 0 Å². The Morgan fingerprint density at radius 2 is 1.68 bits per heavy atom. The summed E-state index contributed by atoms with van der Waals surface area (Å²) in [5.74, 6) is 0. The molecule has 0 aliphatic rings. The molecule has 1 N–H and O–H groups in total. The highest BCUT2D eigenvalue weighted by molar-refractivity contribution is 7.71. The smallest absolute Gasteiger partial charge is 0.182 e. The number of nitrogens with one attached hydrogen (secondary N) is 1. The third-order valence-electron chi connectivity index (χ3n) is 3.17. The van der Waals surface area contributed by atoms with Crippen molar-refractivity contribution in [2.24, 2.45) is 0 Å². The molecule has 0 saturated carbocycles. The highest BCUT2D eigenvalue weighted by Crippen LogP contribution is 2.26. The van der Waals surface area contributed by atoms with E-state index in [9.17, 15) is 0 Å². The van der Waals surface area contributed by atoms with Crippen molar-refractivity contribution in [2.75, 3.05) is 19.0 Å². The summed E-state index contributed by atoms with van der Waals surface area (Å²) >= 11 is 5.41. The highest BCUT2D eigenvalue weighted by Gasteiger charge is 2.20. The van der Waals surface area contributed by atoms with Crippen LogP contribution in [0.4, 0.5) is 5.69 Å². The Morgan fingerprint density at radius 1 is 1.11 bits per heavy atom. The van der Waals surface area contributed by atoms with Crippen molar-refractivity contribution in [3.8, 4) is 5.69 Å². The van der Waals surface area contributed by atoms with Gasteiger partial charge in [-0.05, 0) is 36.5 Å². The van der Waals surface area contributed by atoms with Gasteiger partial charge in [-0.3, -0.25) is 4.57 Å². The standard InChI is InChI=1S/C15H21N3S/c1-15(2,3)13-10-16-14(19)18(13)12-8-6-11(7-9-12)17(4)5/h6-10H,1-5H3,(H,16,19). The fourth-order valence-electron chi connectivity index (χ4n) is 2.08. The van der Waals surface area contributed by atoms with Gasteiger partial charge >= 0.3 is 0 Å². The van der Waals surface area contributed by atoms with E-state index in [2.05, 4.69) is 59.5 Å². The molecule has 3 nitrogen and oxygen atoms in total. The molecule has 0 unspecified atom stereocenters. The van der Waals surface area contributed by atoms with Crippen molar-refractivity contribution in [1.82, 2.24) is 9.55 Å². The molecule has 0 fully saturated rings. The molecule has 0 aliphatic heterocycles. The van der Waals surface area contributed by atoms with Gasteiger partial charge in [-0.2, -0.15) is 0 Å². The van der Waals surface area contributed by atoms with E-state index in [1.165, 1.54) is 11.4 Å². The molecule has 0 atom stereocenters. The largest absolute Gasteiger partial charge is 0.378 e. The van der Waals surface area contributed by atoms with Crippen molar-refractivity contribution in [1.29, 1.82) is 0 Å². The number of benzene rings is 1. The zero-order valence-corrected chi connectivity index (χ0v) is 13.0. The SMILES string of the molecule is CN(C)c1ccc(-n2c(C(C)(C)C)c[nH]c2=S)cc1. The summed E-state index contributed by atoms with van der Waals surface area (Å²) < 4.78 is 2.84. The van der Waals surface area contributed by atoms with Crippen LogP contribution in [0.25, 0.3) is 5.69 Å². The Morgan fingerprint density at radius 3 is 2.16 bits per heavy atom. The molecule has 1 heterocycles. The molecular weight excluding hydrogens is 254 g/mol. The summed E-state index contributed by atoms with van der Waals surface area (Å²) in [5.41, 5.74) is 3.52. The molecule has 1 aromatic heterocycles. The molecule has 0 bridgehead atoms. The van der Waals surface area contributed by atoms with Crippen LogP contribution in [0.1, 0.15) is 26.5 Å². The number of imidazole rings is 1. The summed E-state index contributed by atoms with van der Waals surface area (Å²) in [7, 11) is 4.08. The lowest BCUT2D eigenvalue weighted by Crippen LogP contribution is -2.16. The molecule has 19 heavy (non-hydrogen) atoms. The number of hydrogen-bond acceptors (Lipinski definition) is 2. The van der Waals surface area contributed by atoms with Crippen LogP contribution in [-0.4, -0.2) is 23.6 Å². The fourth-order valence-corrected chi connectivity index (χ4v) is 2.34. The molecule has 0 amide bonds. The molecule has 1 aromatic carbocycles. The number of aromatic nitrogens is 2. The highest BCUT2D eigenvalue weighted by atomic mass is 32.1. The molecule has 0 spiro atoms. The molecular formula is C15H21N3S. The van der Waals surface area contributed by atoms with E-state index in [1.807, 2.05) is 20.3 Å². The third-order valence-corrected chi connectivity index (χ3v) is 3.47. The minimum Gasteiger partial charge on any atom is -0.378 e. The lowest BCUT2D eigenvalue weighted by molar-refractivity contribution is 0.556. The first kappa shape index (κ1) is 13.9. The normalized spacial score (nSPS) is 11.6. The molecule has 2 aromatic rings. The van der Waals surface area contributed by atoms with E-state index in [4.69, 9.17) is 12.2 Å². The zero-order valence-electron chi connectivity index (χ0n) is 12.2. The maximum atomic E-state index is 5.41. The molecule has 4 heteroatoms. The van der Waals surface area contributed by atoms with Gasteiger partial charge in [0.15, 0.2) is 4.77 Å². The topological polar surface area (TPSA) is 24.0 Å². The van der Waals surface area contributed by atoms with Gasteiger partial charge in [-0.15, -0.1) is 0 Å². The first-order valence-corrected chi connectivity index (χ1v) is 6.80. The van der Waals surface area contributed by atoms with Crippen LogP contribution in [0.3, 0.4) is 0 Å². The average Bonchev–Trinajstić information content (AvgIpc) is 2.71. The van der Waals surface area contributed by atoms with Gasteiger partial charge in [0, 0.05) is 42.8 Å². The van der Waals surface area contributed by atoms with Crippen molar-refractivity contribution in [2.45, 2.75) is 26.2 Å². The van der Waals surface area contributed by atoms with Crippen LogP contribution in [0.2, 0.25) is 0 Å². The number of nitrogens with zero attached hydrogens (tertiary/aromatic N) is 2.